The molecule has 0 amide bonds. The summed E-state index contributed by atoms with van der Waals surface area (Å²) in [6.45, 7) is 2.44. The van der Waals surface area contributed by atoms with E-state index in [4.69, 9.17) is 4.74 Å². The van der Waals surface area contributed by atoms with Gasteiger partial charge in [-0.3, -0.25) is 0 Å². The molecule has 0 aliphatic rings. The summed E-state index contributed by atoms with van der Waals surface area (Å²) >= 11 is 0. The molecular weight excluding hydrogens is 289 g/mol. The van der Waals surface area contributed by atoms with Crippen LogP contribution < -0.4 is 10.6 Å². The molecule has 0 saturated carbocycles. The number of nitrogens with one attached hydrogen (secondary N) is 2. The predicted octanol–water partition coefficient (Wildman–Crippen LogP) is 1.74. The van der Waals surface area contributed by atoms with E-state index in [1.165, 1.54) is 7.11 Å². The van der Waals surface area contributed by atoms with Crippen LogP contribution in [0.1, 0.15) is 19.0 Å². The van der Waals surface area contributed by atoms with Gasteiger partial charge in [0.25, 0.3) is 0 Å². The molecule has 1 rings (SSSR count). The highest BCUT2D eigenvalue weighted by molar-refractivity contribution is 5.43. The van der Waals surface area contributed by atoms with Gasteiger partial charge in [0.15, 0.2) is 5.69 Å². The molecule has 0 spiro atoms. The Morgan fingerprint density at radius 2 is 2.05 bits per heavy atom. The average molecular weight is 308 g/mol. The molecule has 1 aromatic heterocycles. The standard InChI is InChI=1S/C12H19F3N4O2/c1-3-4-16-11-18-9(12(13,14)15)5-10(19-11)17-6-8(20)7-21-2/h5,8,20H,3-4,6-7H2,1-2H3,(H2,16,17,18,19). The minimum atomic E-state index is -4.56. The maximum Gasteiger partial charge on any atom is 0.433 e. The smallest absolute Gasteiger partial charge is 0.389 e. The van der Waals surface area contributed by atoms with Gasteiger partial charge in [0, 0.05) is 26.3 Å². The monoisotopic (exact) mass is 308 g/mol. The minimum absolute atomic E-state index is 0.00826. The highest BCUT2D eigenvalue weighted by atomic mass is 19.4. The third kappa shape index (κ3) is 6.13. The van der Waals surface area contributed by atoms with Crippen LogP contribution in [-0.4, -0.2) is 48.0 Å². The van der Waals surface area contributed by atoms with E-state index >= 15 is 0 Å². The summed E-state index contributed by atoms with van der Waals surface area (Å²) in [6.07, 6.45) is -4.67. The lowest BCUT2D eigenvalue weighted by Gasteiger charge is -2.14. The van der Waals surface area contributed by atoms with E-state index in [1.54, 1.807) is 0 Å². The summed E-state index contributed by atoms with van der Waals surface area (Å²) < 4.78 is 43.1. The zero-order valence-corrected chi connectivity index (χ0v) is 11.9. The number of aromatic nitrogens is 2. The molecule has 6 nitrogen and oxygen atoms in total. The van der Waals surface area contributed by atoms with Gasteiger partial charge in [-0.2, -0.15) is 18.2 Å². The molecule has 1 heterocycles. The summed E-state index contributed by atoms with van der Waals surface area (Å²) in [5.41, 5.74) is -1.04. The number of hydrogen-bond donors (Lipinski definition) is 3. The minimum Gasteiger partial charge on any atom is -0.389 e. The number of aliphatic hydroxyl groups excluding tert-OH is 1. The molecule has 1 atom stereocenters. The van der Waals surface area contributed by atoms with Crippen molar-refractivity contribution in [1.82, 2.24) is 9.97 Å². The first kappa shape index (κ1) is 17.4. The lowest BCUT2D eigenvalue weighted by Crippen LogP contribution is -2.25. The first-order chi connectivity index (χ1) is 9.86. The molecule has 3 N–H and O–H groups in total. The Kier molecular flexibility index (Phi) is 6.63. The highest BCUT2D eigenvalue weighted by Crippen LogP contribution is 2.29. The lowest BCUT2D eigenvalue weighted by atomic mass is 10.3. The van der Waals surface area contributed by atoms with Crippen LogP contribution in [0.4, 0.5) is 24.9 Å². The fraction of sp³-hybridized carbons (Fsp3) is 0.667. The highest BCUT2D eigenvalue weighted by Gasteiger charge is 2.33. The Bertz CT molecular complexity index is 443. The summed E-state index contributed by atoms with van der Waals surface area (Å²) in [7, 11) is 1.42. The molecule has 0 fully saturated rings. The number of hydrogen-bond acceptors (Lipinski definition) is 6. The number of anilines is 2. The van der Waals surface area contributed by atoms with E-state index in [2.05, 4.69) is 20.6 Å². The van der Waals surface area contributed by atoms with Gasteiger partial charge in [0.1, 0.15) is 5.82 Å². The molecule has 0 aliphatic carbocycles. The summed E-state index contributed by atoms with van der Waals surface area (Å²) in [5, 5.41) is 14.8. The maximum absolute atomic E-state index is 12.8. The van der Waals surface area contributed by atoms with E-state index in [0.717, 1.165) is 12.5 Å². The van der Waals surface area contributed by atoms with Crippen molar-refractivity contribution in [1.29, 1.82) is 0 Å². The lowest BCUT2D eigenvalue weighted by molar-refractivity contribution is -0.141. The van der Waals surface area contributed by atoms with Crippen LogP contribution in [-0.2, 0) is 10.9 Å². The third-order valence-electron chi connectivity index (χ3n) is 2.43. The van der Waals surface area contributed by atoms with Crippen LogP contribution in [0, 0.1) is 0 Å². The number of aliphatic hydroxyl groups is 1. The van der Waals surface area contributed by atoms with E-state index < -0.39 is 18.0 Å². The van der Waals surface area contributed by atoms with Gasteiger partial charge < -0.3 is 20.5 Å². The number of halogens is 3. The van der Waals surface area contributed by atoms with Crippen LogP contribution in [0.5, 0.6) is 0 Å². The third-order valence-corrected chi connectivity index (χ3v) is 2.43. The van der Waals surface area contributed by atoms with Crippen molar-refractivity contribution in [3.8, 4) is 0 Å². The second-order valence-corrected chi connectivity index (χ2v) is 4.38. The zero-order valence-electron chi connectivity index (χ0n) is 11.9. The van der Waals surface area contributed by atoms with Gasteiger partial charge in [-0.25, -0.2) is 4.98 Å². The zero-order chi connectivity index (χ0) is 15.9. The Morgan fingerprint density at radius 3 is 2.62 bits per heavy atom. The number of methoxy groups -OCH3 is 1. The number of rotatable bonds is 8. The molecule has 0 radical (unpaired) electrons. The van der Waals surface area contributed by atoms with E-state index in [1.807, 2.05) is 6.92 Å². The Balaban J connectivity index is 2.85. The van der Waals surface area contributed by atoms with Crippen molar-refractivity contribution in [3.63, 3.8) is 0 Å². The molecule has 0 aromatic carbocycles. The molecule has 1 unspecified atom stereocenters. The fourth-order valence-corrected chi connectivity index (χ4v) is 1.47. The first-order valence-corrected chi connectivity index (χ1v) is 6.47. The summed E-state index contributed by atoms with van der Waals surface area (Å²) in [5.74, 6) is -0.110. The Labute approximate surface area is 120 Å². The van der Waals surface area contributed by atoms with Crippen molar-refractivity contribution < 1.29 is 23.0 Å². The van der Waals surface area contributed by atoms with E-state index in [0.29, 0.717) is 6.54 Å². The number of alkyl halides is 3. The van der Waals surface area contributed by atoms with Crippen molar-refractivity contribution in [2.45, 2.75) is 25.6 Å². The number of ether oxygens (including phenoxy) is 1. The molecule has 1 aromatic rings. The first-order valence-electron chi connectivity index (χ1n) is 6.47. The summed E-state index contributed by atoms with van der Waals surface area (Å²) in [4.78, 5) is 7.36. The van der Waals surface area contributed by atoms with Gasteiger partial charge in [0.2, 0.25) is 5.95 Å². The fourth-order valence-electron chi connectivity index (χ4n) is 1.47. The van der Waals surface area contributed by atoms with Crippen LogP contribution in [0.25, 0.3) is 0 Å². The molecular formula is C12H19F3N4O2. The van der Waals surface area contributed by atoms with E-state index in [9.17, 15) is 18.3 Å². The Hall–Kier alpha value is -1.61. The second kappa shape index (κ2) is 7.99. The molecule has 0 aliphatic heterocycles. The second-order valence-electron chi connectivity index (χ2n) is 4.38. The maximum atomic E-state index is 12.8. The van der Waals surface area contributed by atoms with Gasteiger partial charge >= 0.3 is 6.18 Å². The van der Waals surface area contributed by atoms with E-state index in [-0.39, 0.29) is 24.9 Å². The molecule has 9 heteroatoms. The van der Waals surface area contributed by atoms with Crippen LogP contribution >= 0.6 is 0 Å². The normalized spacial score (nSPS) is 13.0. The van der Waals surface area contributed by atoms with Gasteiger partial charge in [-0.1, -0.05) is 6.92 Å². The van der Waals surface area contributed by atoms with Crippen molar-refractivity contribution in [2.24, 2.45) is 0 Å². The topological polar surface area (TPSA) is 79.3 Å². The number of nitrogens with zero attached hydrogens (tertiary/aromatic N) is 2. The van der Waals surface area contributed by atoms with Crippen LogP contribution in [0.2, 0.25) is 0 Å². The average Bonchev–Trinajstić information content (AvgIpc) is 2.42. The van der Waals surface area contributed by atoms with Crippen LogP contribution in [0.3, 0.4) is 0 Å². The molecule has 21 heavy (non-hydrogen) atoms. The largest absolute Gasteiger partial charge is 0.433 e. The summed E-state index contributed by atoms with van der Waals surface area (Å²) in [6, 6.07) is 0.802. The predicted molar refractivity (Wildman–Crippen MR) is 72.2 cm³/mol. The SMILES string of the molecule is CCCNc1nc(NCC(O)COC)cc(C(F)(F)F)n1. The molecule has 0 bridgehead atoms. The van der Waals surface area contributed by atoms with Gasteiger partial charge in [0.05, 0.1) is 12.7 Å². The van der Waals surface area contributed by atoms with Crippen LogP contribution in [0.15, 0.2) is 6.07 Å². The van der Waals surface area contributed by atoms with Crippen molar-refractivity contribution in [3.05, 3.63) is 11.8 Å². The van der Waals surface area contributed by atoms with Gasteiger partial charge in [-0.05, 0) is 6.42 Å². The molecule has 120 valence electrons. The quantitative estimate of drug-likeness (QED) is 0.679. The van der Waals surface area contributed by atoms with Crippen molar-refractivity contribution in [2.75, 3.05) is 37.4 Å². The van der Waals surface area contributed by atoms with Crippen molar-refractivity contribution >= 4 is 11.8 Å². The Morgan fingerprint density at radius 1 is 1.33 bits per heavy atom. The molecule has 0 saturated heterocycles. The van der Waals surface area contributed by atoms with Gasteiger partial charge in [-0.15, -0.1) is 0 Å².